The molecule has 3 aromatic rings. The molecule has 4 N–H and O–H groups in total. The molecule has 2 amide bonds. The Labute approximate surface area is 241 Å². The molecule has 1 fully saturated rings. The second kappa shape index (κ2) is 14.9. The second-order valence-corrected chi connectivity index (χ2v) is 10.4. The summed E-state index contributed by atoms with van der Waals surface area (Å²) in [6.45, 7) is 2.86. The summed E-state index contributed by atoms with van der Waals surface area (Å²) in [6.07, 6.45) is 0.202. The number of carbonyl (C=O) groups excluding carboxylic acids is 2. The summed E-state index contributed by atoms with van der Waals surface area (Å²) in [4.78, 5) is 25.9. The highest BCUT2D eigenvalue weighted by Crippen LogP contribution is 2.39. The smallest absolute Gasteiger partial charge is 0.243 e. The first-order valence-corrected chi connectivity index (χ1v) is 13.9. The molecule has 0 aromatic heterocycles. The van der Waals surface area contributed by atoms with Gasteiger partial charge in [0.25, 0.3) is 0 Å². The van der Waals surface area contributed by atoms with Crippen molar-refractivity contribution >= 4 is 17.5 Å². The van der Waals surface area contributed by atoms with Gasteiger partial charge in [0.1, 0.15) is 0 Å². The minimum Gasteiger partial charge on any atom is -0.392 e. The number of rotatable bonds is 12. The van der Waals surface area contributed by atoms with Gasteiger partial charge in [0.05, 0.1) is 18.8 Å². The average Bonchev–Trinajstić information content (AvgIpc) is 3.01. The van der Waals surface area contributed by atoms with Crippen LogP contribution in [0.5, 0.6) is 0 Å². The molecular formula is C32H39N3O6. The van der Waals surface area contributed by atoms with Gasteiger partial charge < -0.3 is 19.9 Å². The molecular weight excluding hydrogens is 522 g/mol. The normalized spacial score (nSPS) is 19.5. The van der Waals surface area contributed by atoms with Crippen molar-refractivity contribution in [2.45, 2.75) is 63.8 Å². The molecule has 3 aromatic carbocycles. The maximum atomic E-state index is 12.4. The zero-order chi connectivity index (χ0) is 29.2. The topological polar surface area (TPSA) is 120 Å². The van der Waals surface area contributed by atoms with E-state index in [0.717, 1.165) is 16.7 Å². The monoisotopic (exact) mass is 561 g/mol. The summed E-state index contributed by atoms with van der Waals surface area (Å²) in [5, 5.41) is 21.0. The van der Waals surface area contributed by atoms with Gasteiger partial charge in [0.15, 0.2) is 6.29 Å². The van der Waals surface area contributed by atoms with Gasteiger partial charge in [-0.1, -0.05) is 66.7 Å². The third kappa shape index (κ3) is 8.69. The molecule has 0 spiro atoms. The zero-order valence-corrected chi connectivity index (χ0v) is 23.5. The van der Waals surface area contributed by atoms with Crippen molar-refractivity contribution in [1.82, 2.24) is 10.4 Å². The minimum atomic E-state index is -0.651. The van der Waals surface area contributed by atoms with Crippen LogP contribution >= 0.6 is 0 Å². The van der Waals surface area contributed by atoms with E-state index in [0.29, 0.717) is 25.1 Å². The summed E-state index contributed by atoms with van der Waals surface area (Å²) in [6, 6.07) is 25.7. The van der Waals surface area contributed by atoms with E-state index in [4.69, 9.17) is 14.7 Å². The van der Waals surface area contributed by atoms with Gasteiger partial charge in [0.2, 0.25) is 11.8 Å². The lowest BCUT2D eigenvalue weighted by Gasteiger charge is -2.39. The van der Waals surface area contributed by atoms with Crippen LogP contribution in [-0.4, -0.2) is 46.7 Å². The fourth-order valence-electron chi connectivity index (χ4n) is 4.95. The fraction of sp³-hybridized carbons (Fsp3) is 0.375. The molecule has 218 valence electrons. The number of nitrogens with one attached hydrogen (secondary N) is 2. The van der Waals surface area contributed by atoms with Crippen molar-refractivity contribution in [3.63, 3.8) is 0 Å². The van der Waals surface area contributed by atoms with Gasteiger partial charge in [-0.15, -0.1) is 0 Å². The number of hydroxylamine groups is 1. The van der Waals surface area contributed by atoms with Crippen LogP contribution in [0.3, 0.4) is 0 Å². The maximum absolute atomic E-state index is 12.4. The summed E-state index contributed by atoms with van der Waals surface area (Å²) in [5.41, 5.74) is 6.03. The largest absolute Gasteiger partial charge is 0.392 e. The zero-order valence-electron chi connectivity index (χ0n) is 23.5. The van der Waals surface area contributed by atoms with E-state index in [1.165, 1.54) is 5.56 Å². The van der Waals surface area contributed by atoms with Crippen molar-refractivity contribution in [2.24, 2.45) is 0 Å². The van der Waals surface area contributed by atoms with Gasteiger partial charge >= 0.3 is 0 Å². The molecule has 0 unspecified atom stereocenters. The van der Waals surface area contributed by atoms with Crippen molar-refractivity contribution in [3.05, 3.63) is 101 Å². The van der Waals surface area contributed by atoms with E-state index in [1.54, 1.807) is 11.5 Å². The van der Waals surface area contributed by atoms with Crippen LogP contribution in [0.1, 0.15) is 73.3 Å². The Kier molecular flexibility index (Phi) is 11.0. The van der Waals surface area contributed by atoms with Crippen molar-refractivity contribution < 1.29 is 29.4 Å². The second-order valence-electron chi connectivity index (χ2n) is 10.4. The molecule has 9 nitrogen and oxygen atoms in total. The van der Waals surface area contributed by atoms with Gasteiger partial charge in [0, 0.05) is 43.1 Å². The van der Waals surface area contributed by atoms with Crippen LogP contribution in [0.4, 0.5) is 5.69 Å². The van der Waals surface area contributed by atoms with Gasteiger partial charge in [-0.25, -0.2) is 5.48 Å². The molecule has 0 radical (unpaired) electrons. The standard InChI is InChI=1S/C32H39N3O6/c1-22(24-8-4-3-5-9-24)35(2)20-28-19-29(25-16-14-23(21-36)15-17-25)41-32(40-28)26-10-6-11-27(18-26)33-30(37)12-7-13-31(38)34-39/h3-6,8-11,14-18,22,28-29,32,36,39H,7,12-13,19-21H2,1-2H3,(H,33,37)(H,34,38)/t22-,28-,29+,32+/m0/s1. The lowest BCUT2D eigenvalue weighted by molar-refractivity contribution is -0.253. The van der Waals surface area contributed by atoms with Crippen LogP contribution in [0.15, 0.2) is 78.9 Å². The number of hydrogen-bond acceptors (Lipinski definition) is 7. The number of nitrogens with zero attached hydrogens (tertiary/aromatic N) is 1. The van der Waals surface area contributed by atoms with E-state index in [9.17, 15) is 14.7 Å². The number of likely N-dealkylation sites (N-methyl/N-ethyl adjacent to an activating group) is 1. The predicted molar refractivity (Wildman–Crippen MR) is 155 cm³/mol. The van der Waals surface area contributed by atoms with E-state index < -0.39 is 12.2 Å². The number of anilines is 1. The van der Waals surface area contributed by atoms with E-state index in [2.05, 4.69) is 36.3 Å². The Morgan fingerprint density at radius 2 is 1.68 bits per heavy atom. The highest BCUT2D eigenvalue weighted by Gasteiger charge is 2.33. The average molecular weight is 562 g/mol. The summed E-state index contributed by atoms with van der Waals surface area (Å²) in [7, 11) is 2.09. The molecule has 41 heavy (non-hydrogen) atoms. The lowest BCUT2D eigenvalue weighted by Crippen LogP contribution is -2.38. The van der Waals surface area contributed by atoms with Crippen LogP contribution in [0.2, 0.25) is 0 Å². The van der Waals surface area contributed by atoms with E-state index in [1.807, 2.05) is 60.7 Å². The third-order valence-electron chi connectivity index (χ3n) is 7.42. The number of amides is 2. The van der Waals surface area contributed by atoms with Crippen molar-refractivity contribution in [1.29, 1.82) is 0 Å². The molecule has 1 aliphatic heterocycles. The molecule has 0 saturated carbocycles. The summed E-state index contributed by atoms with van der Waals surface area (Å²) >= 11 is 0. The maximum Gasteiger partial charge on any atom is 0.243 e. The van der Waals surface area contributed by atoms with Crippen molar-refractivity contribution in [3.8, 4) is 0 Å². The molecule has 1 aliphatic rings. The quantitative estimate of drug-likeness (QED) is 0.181. The Morgan fingerprint density at radius 3 is 2.39 bits per heavy atom. The van der Waals surface area contributed by atoms with E-state index >= 15 is 0 Å². The first kappa shape index (κ1) is 30.4. The van der Waals surface area contributed by atoms with Crippen LogP contribution in [0.25, 0.3) is 0 Å². The molecule has 1 saturated heterocycles. The third-order valence-corrected chi connectivity index (χ3v) is 7.42. The Balaban J connectivity index is 1.49. The predicted octanol–water partition coefficient (Wildman–Crippen LogP) is 5.03. The minimum absolute atomic E-state index is 0.0184. The number of aliphatic hydroxyl groups is 1. The SMILES string of the molecule is C[C@@H](c1ccccc1)N(C)C[C@@H]1C[C@H](c2ccc(CO)cc2)O[C@H](c2cccc(NC(=O)CCCC(=O)NO)c2)O1. The number of benzene rings is 3. The highest BCUT2D eigenvalue weighted by atomic mass is 16.7. The molecule has 1 heterocycles. The highest BCUT2D eigenvalue weighted by molar-refractivity contribution is 5.91. The Morgan fingerprint density at radius 1 is 0.951 bits per heavy atom. The number of aliphatic hydroxyl groups excluding tert-OH is 1. The first-order valence-electron chi connectivity index (χ1n) is 13.9. The number of ether oxygens (including phenoxy) is 2. The lowest BCUT2D eigenvalue weighted by atomic mass is 9.99. The fourth-order valence-corrected chi connectivity index (χ4v) is 4.95. The first-order chi connectivity index (χ1) is 19.9. The Bertz CT molecular complexity index is 1270. The van der Waals surface area contributed by atoms with Gasteiger partial charge in [-0.2, -0.15) is 0 Å². The summed E-state index contributed by atoms with van der Waals surface area (Å²) in [5.74, 6) is -0.750. The van der Waals surface area contributed by atoms with Crippen molar-refractivity contribution in [2.75, 3.05) is 18.9 Å². The van der Waals surface area contributed by atoms with Crippen LogP contribution < -0.4 is 10.8 Å². The molecule has 4 atom stereocenters. The Hall–Kier alpha value is -3.60. The van der Waals surface area contributed by atoms with Gasteiger partial charge in [-0.3, -0.25) is 19.7 Å². The number of hydrogen-bond donors (Lipinski definition) is 4. The van der Waals surface area contributed by atoms with Crippen LogP contribution in [0, 0.1) is 0 Å². The molecule has 9 heteroatoms. The van der Waals surface area contributed by atoms with E-state index in [-0.39, 0.29) is 43.6 Å². The summed E-state index contributed by atoms with van der Waals surface area (Å²) < 4.78 is 13.0. The molecule has 4 rings (SSSR count). The molecule has 0 aliphatic carbocycles. The van der Waals surface area contributed by atoms with Gasteiger partial charge in [-0.05, 0) is 49.2 Å². The molecule has 0 bridgehead atoms. The van der Waals surface area contributed by atoms with Crippen LogP contribution in [-0.2, 0) is 25.7 Å². The number of carbonyl (C=O) groups is 2.